The molecule has 0 aliphatic heterocycles. The Bertz CT molecular complexity index is 1830. The van der Waals surface area contributed by atoms with E-state index in [4.69, 9.17) is 0 Å². The maximum Gasteiger partial charge on any atom is 0.0435 e. The van der Waals surface area contributed by atoms with E-state index in [0.29, 0.717) is 0 Å². The Kier molecular flexibility index (Phi) is 4.39. The van der Waals surface area contributed by atoms with Crippen molar-refractivity contribution in [3.63, 3.8) is 0 Å². The summed E-state index contributed by atoms with van der Waals surface area (Å²) in [6, 6.07) is 43.7. The summed E-state index contributed by atoms with van der Waals surface area (Å²) in [7, 11) is 0. The Balaban J connectivity index is 1.47. The van der Waals surface area contributed by atoms with Crippen molar-refractivity contribution in [2.45, 2.75) is 0 Å². The molecule has 1 aromatic heterocycles. The molecule has 1 nitrogen and oxygen atoms in total. The first-order valence-corrected chi connectivity index (χ1v) is 12.3. The lowest BCUT2D eigenvalue weighted by molar-refractivity contribution is 1.57. The largest absolute Gasteiger partial charge is 0.355 e. The summed E-state index contributed by atoms with van der Waals surface area (Å²) in [5, 5.41) is 11.3. The Morgan fingerprint density at radius 2 is 1.18 bits per heavy atom. The van der Waals surface area contributed by atoms with Crippen LogP contribution in [-0.2, 0) is 0 Å². The van der Waals surface area contributed by atoms with Crippen molar-refractivity contribution in [1.82, 2.24) is 0 Å². The van der Waals surface area contributed by atoms with Crippen LogP contribution >= 0.6 is 11.3 Å². The molecule has 0 unspecified atom stereocenters. The van der Waals surface area contributed by atoms with Gasteiger partial charge in [0.25, 0.3) is 0 Å². The highest BCUT2D eigenvalue weighted by atomic mass is 32.1. The minimum atomic E-state index is 1.09. The van der Waals surface area contributed by atoms with E-state index in [-0.39, 0.29) is 0 Å². The number of anilines is 2. The molecule has 160 valence electrons. The lowest BCUT2D eigenvalue weighted by atomic mass is 9.97. The fourth-order valence-corrected chi connectivity index (χ4v) is 6.13. The second-order valence-electron chi connectivity index (χ2n) is 8.75. The van der Waals surface area contributed by atoms with Gasteiger partial charge in [-0.05, 0) is 75.6 Å². The van der Waals surface area contributed by atoms with Crippen LogP contribution in [0.3, 0.4) is 0 Å². The van der Waals surface area contributed by atoms with E-state index in [0.717, 1.165) is 11.4 Å². The highest BCUT2D eigenvalue weighted by Gasteiger charge is 2.13. The van der Waals surface area contributed by atoms with Gasteiger partial charge >= 0.3 is 0 Å². The molecule has 6 aromatic carbocycles. The normalized spacial score (nSPS) is 11.5. The van der Waals surface area contributed by atoms with Crippen molar-refractivity contribution in [1.29, 1.82) is 0 Å². The number of rotatable bonds is 3. The van der Waals surface area contributed by atoms with Crippen LogP contribution in [0.4, 0.5) is 11.4 Å². The number of hydrogen-bond donors (Lipinski definition) is 1. The molecule has 1 N–H and O–H groups in total. The van der Waals surface area contributed by atoms with Gasteiger partial charge in [0.2, 0.25) is 0 Å². The minimum absolute atomic E-state index is 1.09. The SMILES string of the molecule is c1ccc(Nc2cc(-c3ccc4cc5ccccc5cc4c3)c3sc4ccccc4c3c2)cc1. The average Bonchev–Trinajstić information content (AvgIpc) is 3.26. The molecule has 0 amide bonds. The highest BCUT2D eigenvalue weighted by molar-refractivity contribution is 7.26. The third-order valence-electron chi connectivity index (χ3n) is 6.56. The lowest BCUT2D eigenvalue weighted by Gasteiger charge is -2.12. The fraction of sp³-hybridized carbons (Fsp3) is 0. The maximum absolute atomic E-state index is 3.63. The van der Waals surface area contributed by atoms with E-state index < -0.39 is 0 Å². The molecular formula is C32H21NS. The molecule has 1 heterocycles. The summed E-state index contributed by atoms with van der Waals surface area (Å²) in [4.78, 5) is 0. The van der Waals surface area contributed by atoms with E-state index in [9.17, 15) is 0 Å². The molecule has 7 rings (SSSR count). The van der Waals surface area contributed by atoms with E-state index in [1.807, 2.05) is 17.4 Å². The molecule has 0 fully saturated rings. The zero-order valence-electron chi connectivity index (χ0n) is 18.5. The zero-order valence-corrected chi connectivity index (χ0v) is 19.3. The summed E-state index contributed by atoms with van der Waals surface area (Å²) in [5.41, 5.74) is 4.72. The standard InChI is InChI=1S/C32H21NS/c1-2-10-26(11-3-1)33-27-19-29(32-30(20-27)28-12-6-7-13-31(28)34-32)24-15-14-23-16-21-8-4-5-9-22(21)17-25(23)18-24/h1-20,33H. The van der Waals surface area contributed by atoms with Gasteiger partial charge in [-0.2, -0.15) is 0 Å². The summed E-state index contributed by atoms with van der Waals surface area (Å²) < 4.78 is 2.65. The number of thiophene rings is 1. The first-order valence-electron chi connectivity index (χ1n) is 11.5. The number of fused-ring (bicyclic) bond motifs is 5. The van der Waals surface area contributed by atoms with Gasteiger partial charge in [0.1, 0.15) is 0 Å². The third-order valence-corrected chi connectivity index (χ3v) is 7.78. The van der Waals surface area contributed by atoms with E-state index in [2.05, 4.69) is 121 Å². The van der Waals surface area contributed by atoms with Crippen LogP contribution in [0.5, 0.6) is 0 Å². The molecule has 0 saturated heterocycles. The summed E-state index contributed by atoms with van der Waals surface area (Å²) in [6.07, 6.45) is 0. The summed E-state index contributed by atoms with van der Waals surface area (Å²) in [6.45, 7) is 0. The van der Waals surface area contributed by atoms with Gasteiger partial charge in [-0.1, -0.05) is 72.8 Å². The molecule has 2 heteroatoms. The summed E-state index contributed by atoms with van der Waals surface area (Å²) >= 11 is 1.88. The smallest absolute Gasteiger partial charge is 0.0435 e. The van der Waals surface area contributed by atoms with Gasteiger partial charge < -0.3 is 5.32 Å². The second kappa shape index (κ2) is 7.72. The van der Waals surface area contributed by atoms with Crippen LogP contribution in [0, 0.1) is 0 Å². The first-order chi connectivity index (χ1) is 16.8. The number of benzene rings is 6. The van der Waals surface area contributed by atoms with Gasteiger partial charge in [0.05, 0.1) is 0 Å². The Hall–Kier alpha value is -4.14. The minimum Gasteiger partial charge on any atom is -0.355 e. The maximum atomic E-state index is 3.63. The molecule has 7 aromatic rings. The van der Waals surface area contributed by atoms with Gasteiger partial charge in [-0.3, -0.25) is 0 Å². The molecule has 0 spiro atoms. The van der Waals surface area contributed by atoms with Crippen molar-refractivity contribution in [2.24, 2.45) is 0 Å². The van der Waals surface area contributed by atoms with E-state index in [1.165, 1.54) is 52.8 Å². The van der Waals surface area contributed by atoms with Crippen LogP contribution in [0.25, 0.3) is 52.8 Å². The molecule has 0 bridgehead atoms. The predicted molar refractivity (Wildman–Crippen MR) is 150 cm³/mol. The van der Waals surface area contributed by atoms with Crippen molar-refractivity contribution < 1.29 is 0 Å². The number of hydrogen-bond acceptors (Lipinski definition) is 2. The molecule has 0 saturated carbocycles. The van der Waals surface area contributed by atoms with Gasteiger partial charge in [-0.25, -0.2) is 0 Å². The monoisotopic (exact) mass is 451 g/mol. The molecule has 0 aliphatic carbocycles. The van der Waals surface area contributed by atoms with E-state index in [1.54, 1.807) is 0 Å². The first kappa shape index (κ1) is 19.3. The topological polar surface area (TPSA) is 12.0 Å². The van der Waals surface area contributed by atoms with Gasteiger partial charge in [0.15, 0.2) is 0 Å². The van der Waals surface area contributed by atoms with Gasteiger partial charge in [0, 0.05) is 37.1 Å². The average molecular weight is 452 g/mol. The fourth-order valence-electron chi connectivity index (χ4n) is 4.91. The van der Waals surface area contributed by atoms with E-state index >= 15 is 0 Å². The van der Waals surface area contributed by atoms with Crippen LogP contribution < -0.4 is 5.32 Å². The van der Waals surface area contributed by atoms with Crippen molar-refractivity contribution in [3.05, 3.63) is 121 Å². The molecule has 34 heavy (non-hydrogen) atoms. The molecule has 0 aliphatic rings. The van der Waals surface area contributed by atoms with Crippen molar-refractivity contribution in [3.8, 4) is 11.1 Å². The zero-order chi connectivity index (χ0) is 22.5. The highest BCUT2D eigenvalue weighted by Crippen LogP contribution is 2.43. The van der Waals surface area contributed by atoms with Crippen LogP contribution in [0.1, 0.15) is 0 Å². The van der Waals surface area contributed by atoms with Gasteiger partial charge in [-0.15, -0.1) is 11.3 Å². The Morgan fingerprint density at radius 1 is 0.471 bits per heavy atom. The summed E-state index contributed by atoms with van der Waals surface area (Å²) in [5.74, 6) is 0. The van der Waals surface area contributed by atoms with Crippen LogP contribution in [0.15, 0.2) is 121 Å². The second-order valence-corrected chi connectivity index (χ2v) is 9.80. The molecular weight excluding hydrogens is 430 g/mol. The van der Waals surface area contributed by atoms with Crippen molar-refractivity contribution in [2.75, 3.05) is 5.32 Å². The Morgan fingerprint density at radius 3 is 2.03 bits per heavy atom. The number of nitrogens with one attached hydrogen (secondary N) is 1. The third kappa shape index (κ3) is 3.23. The van der Waals surface area contributed by atoms with Crippen LogP contribution in [-0.4, -0.2) is 0 Å². The molecule has 0 radical (unpaired) electrons. The van der Waals surface area contributed by atoms with Crippen molar-refractivity contribution >= 4 is 64.4 Å². The Labute approximate surface area is 201 Å². The van der Waals surface area contributed by atoms with Crippen LogP contribution in [0.2, 0.25) is 0 Å². The predicted octanol–water partition coefficient (Wildman–Crippen LogP) is 9.77. The quantitative estimate of drug-likeness (QED) is 0.264. The molecule has 0 atom stereocenters. The lowest BCUT2D eigenvalue weighted by Crippen LogP contribution is -1.91. The number of para-hydroxylation sites is 1.